The quantitative estimate of drug-likeness (QED) is 0.309. The number of nitrogens with one attached hydrogen (secondary N) is 1. The van der Waals surface area contributed by atoms with Gasteiger partial charge in [0, 0.05) is 12.0 Å². The van der Waals surface area contributed by atoms with E-state index < -0.39 is 0 Å². The second-order valence-corrected chi connectivity index (χ2v) is 11.0. The lowest BCUT2D eigenvalue weighted by molar-refractivity contribution is -0.123. The van der Waals surface area contributed by atoms with Crippen molar-refractivity contribution in [2.45, 2.75) is 37.1 Å². The van der Waals surface area contributed by atoms with E-state index in [0.29, 0.717) is 6.54 Å². The van der Waals surface area contributed by atoms with Gasteiger partial charge < -0.3 is 10.2 Å². The Bertz CT molecular complexity index is 1380. The van der Waals surface area contributed by atoms with Crippen LogP contribution in [0.5, 0.6) is 0 Å². The number of thiophene rings is 1. The van der Waals surface area contributed by atoms with Gasteiger partial charge in [0.15, 0.2) is 0 Å². The highest BCUT2D eigenvalue weighted by Crippen LogP contribution is 2.43. The van der Waals surface area contributed by atoms with Crippen LogP contribution < -0.4 is 5.32 Å². The molecule has 1 amide bonds. The first kappa shape index (κ1) is 23.2. The highest BCUT2D eigenvalue weighted by molar-refractivity contribution is 7.08. The number of hydrogen-bond acceptors (Lipinski definition) is 3. The molecule has 1 spiro atoms. The molecule has 1 atom stereocenters. The number of fused-ring (bicyclic) bond motifs is 3. The molecule has 3 aromatic carbocycles. The molecule has 36 heavy (non-hydrogen) atoms. The van der Waals surface area contributed by atoms with Crippen molar-refractivity contribution in [3.63, 3.8) is 0 Å². The Morgan fingerprint density at radius 1 is 0.972 bits per heavy atom. The summed E-state index contributed by atoms with van der Waals surface area (Å²) in [5.74, 6) is 0.0108. The predicted octanol–water partition coefficient (Wildman–Crippen LogP) is 6.75. The van der Waals surface area contributed by atoms with Crippen LogP contribution in [-0.4, -0.2) is 30.4 Å². The fourth-order valence-electron chi connectivity index (χ4n) is 6.03. The molecule has 1 fully saturated rings. The summed E-state index contributed by atoms with van der Waals surface area (Å²) in [5, 5.41) is 9.88. The number of amides is 1. The van der Waals surface area contributed by atoms with Crippen LogP contribution in [0.25, 0.3) is 16.8 Å². The largest absolute Gasteiger partial charge is 0.351 e. The van der Waals surface area contributed by atoms with Crippen LogP contribution in [-0.2, 0) is 16.8 Å². The zero-order valence-corrected chi connectivity index (χ0v) is 21.3. The van der Waals surface area contributed by atoms with Gasteiger partial charge in [0.05, 0.1) is 5.92 Å². The maximum Gasteiger partial charge on any atom is 0.227 e. The van der Waals surface area contributed by atoms with Gasteiger partial charge in [-0.1, -0.05) is 78.9 Å². The minimum Gasteiger partial charge on any atom is -0.351 e. The summed E-state index contributed by atoms with van der Waals surface area (Å²) in [6.07, 6.45) is 7.88. The third-order valence-corrected chi connectivity index (χ3v) is 8.86. The van der Waals surface area contributed by atoms with Crippen LogP contribution >= 0.6 is 11.3 Å². The standard InChI is InChI=1S/C32H32N2OS/c35-31(33-22-26-9-5-8-24-6-1-3-10-28(24)26)29(27-14-21-36-23-27)13-18-34-19-16-32(17-20-34)15-12-25-7-2-4-11-30(25)32/h1-12,14-15,21,23,29H,13,16-20,22H2,(H,33,35). The summed E-state index contributed by atoms with van der Waals surface area (Å²) in [6.45, 7) is 3.65. The molecule has 1 N–H and O–H groups in total. The Hall–Kier alpha value is -3.21. The lowest BCUT2D eigenvalue weighted by Gasteiger charge is -2.39. The first-order valence-electron chi connectivity index (χ1n) is 13.0. The van der Waals surface area contributed by atoms with E-state index in [0.717, 1.165) is 50.0 Å². The van der Waals surface area contributed by atoms with Crippen LogP contribution in [0.1, 0.15) is 47.4 Å². The summed E-state index contributed by atoms with van der Waals surface area (Å²) < 4.78 is 0. The number of benzene rings is 3. The molecule has 0 radical (unpaired) electrons. The molecule has 3 nitrogen and oxygen atoms in total. The molecule has 1 aliphatic carbocycles. The number of hydrogen-bond donors (Lipinski definition) is 1. The van der Waals surface area contributed by atoms with Crippen molar-refractivity contribution in [3.05, 3.63) is 112 Å². The third-order valence-electron chi connectivity index (χ3n) is 8.16. The fourth-order valence-corrected chi connectivity index (χ4v) is 6.75. The number of nitrogens with zero attached hydrogens (tertiary/aromatic N) is 1. The molecule has 6 rings (SSSR count). The molecule has 182 valence electrons. The first-order valence-corrected chi connectivity index (χ1v) is 13.9. The maximum atomic E-state index is 13.4. The zero-order chi connectivity index (χ0) is 24.4. The van der Waals surface area contributed by atoms with Gasteiger partial charge in [0.25, 0.3) is 0 Å². The summed E-state index contributed by atoms with van der Waals surface area (Å²) in [4.78, 5) is 16.0. The van der Waals surface area contributed by atoms with Crippen molar-refractivity contribution in [1.82, 2.24) is 10.2 Å². The van der Waals surface area contributed by atoms with E-state index in [1.807, 2.05) is 0 Å². The Balaban J connectivity index is 1.09. The van der Waals surface area contributed by atoms with Crippen molar-refractivity contribution < 1.29 is 4.79 Å². The van der Waals surface area contributed by atoms with Crippen molar-refractivity contribution >= 4 is 34.1 Å². The first-order chi connectivity index (χ1) is 17.7. The molecule has 2 aliphatic rings. The predicted molar refractivity (Wildman–Crippen MR) is 150 cm³/mol. The second kappa shape index (κ2) is 10.0. The lowest BCUT2D eigenvalue weighted by atomic mass is 9.74. The number of piperidine rings is 1. The number of allylic oxidation sites excluding steroid dienone is 1. The van der Waals surface area contributed by atoms with Crippen LogP contribution in [0.2, 0.25) is 0 Å². The van der Waals surface area contributed by atoms with E-state index in [9.17, 15) is 4.79 Å². The van der Waals surface area contributed by atoms with E-state index in [1.54, 1.807) is 11.3 Å². The molecule has 1 aromatic heterocycles. The Morgan fingerprint density at radius 3 is 2.64 bits per heavy atom. The zero-order valence-electron chi connectivity index (χ0n) is 20.5. The molecular formula is C32H32N2OS. The van der Waals surface area contributed by atoms with E-state index in [-0.39, 0.29) is 17.2 Å². The fraction of sp³-hybridized carbons (Fsp3) is 0.281. The van der Waals surface area contributed by atoms with E-state index in [4.69, 9.17) is 0 Å². The van der Waals surface area contributed by atoms with Gasteiger partial charge in [0.1, 0.15) is 0 Å². The van der Waals surface area contributed by atoms with Crippen LogP contribution in [0, 0.1) is 0 Å². The van der Waals surface area contributed by atoms with Gasteiger partial charge in [-0.25, -0.2) is 0 Å². The van der Waals surface area contributed by atoms with Crippen molar-refractivity contribution in [2.24, 2.45) is 0 Å². The van der Waals surface area contributed by atoms with Crippen molar-refractivity contribution in [1.29, 1.82) is 0 Å². The number of carbonyl (C=O) groups is 1. The van der Waals surface area contributed by atoms with E-state index in [1.165, 1.54) is 21.9 Å². The monoisotopic (exact) mass is 492 g/mol. The molecule has 0 bridgehead atoms. The highest BCUT2D eigenvalue weighted by Gasteiger charge is 2.37. The lowest BCUT2D eigenvalue weighted by Crippen LogP contribution is -2.42. The summed E-state index contributed by atoms with van der Waals surface area (Å²) in [5.41, 5.74) is 5.38. The van der Waals surface area contributed by atoms with E-state index >= 15 is 0 Å². The van der Waals surface area contributed by atoms with Gasteiger partial charge in [-0.05, 0) is 88.7 Å². The molecule has 0 saturated carbocycles. The number of rotatable bonds is 7. The topological polar surface area (TPSA) is 32.3 Å². The van der Waals surface area contributed by atoms with Crippen LogP contribution in [0.3, 0.4) is 0 Å². The molecule has 4 heteroatoms. The van der Waals surface area contributed by atoms with E-state index in [2.05, 4.69) is 106 Å². The SMILES string of the molecule is O=C(NCc1cccc2ccccc12)C(CCN1CCC2(C=Cc3ccccc32)CC1)c1ccsc1. The minimum atomic E-state index is -0.116. The third kappa shape index (κ3) is 4.52. The Kier molecular flexibility index (Phi) is 6.47. The smallest absolute Gasteiger partial charge is 0.227 e. The maximum absolute atomic E-state index is 13.4. The van der Waals surface area contributed by atoms with Gasteiger partial charge in [0.2, 0.25) is 5.91 Å². The average molecular weight is 493 g/mol. The normalized spacial score (nSPS) is 17.3. The summed E-state index contributed by atoms with van der Waals surface area (Å²) in [7, 11) is 0. The number of carbonyl (C=O) groups excluding carboxylic acids is 1. The molecular weight excluding hydrogens is 460 g/mol. The van der Waals surface area contributed by atoms with Crippen LogP contribution in [0.15, 0.2) is 89.6 Å². The number of likely N-dealkylation sites (tertiary alicyclic amines) is 1. The van der Waals surface area contributed by atoms with Gasteiger partial charge >= 0.3 is 0 Å². The minimum absolute atomic E-state index is 0.116. The van der Waals surface area contributed by atoms with Gasteiger partial charge in [-0.2, -0.15) is 11.3 Å². The average Bonchev–Trinajstić information content (AvgIpc) is 3.58. The summed E-state index contributed by atoms with van der Waals surface area (Å²) >= 11 is 1.67. The second-order valence-electron chi connectivity index (χ2n) is 10.2. The Labute approximate surface area is 217 Å². The molecule has 1 saturated heterocycles. The highest BCUT2D eigenvalue weighted by atomic mass is 32.1. The van der Waals surface area contributed by atoms with Crippen molar-refractivity contribution in [3.8, 4) is 0 Å². The molecule has 1 unspecified atom stereocenters. The van der Waals surface area contributed by atoms with Crippen molar-refractivity contribution in [2.75, 3.05) is 19.6 Å². The van der Waals surface area contributed by atoms with Gasteiger partial charge in [-0.15, -0.1) is 0 Å². The Morgan fingerprint density at radius 2 is 1.78 bits per heavy atom. The van der Waals surface area contributed by atoms with Crippen LogP contribution in [0.4, 0.5) is 0 Å². The molecule has 4 aromatic rings. The summed E-state index contributed by atoms with van der Waals surface area (Å²) in [6, 6.07) is 25.6. The molecule has 2 heterocycles. The van der Waals surface area contributed by atoms with Gasteiger partial charge in [-0.3, -0.25) is 4.79 Å². The molecule has 1 aliphatic heterocycles.